The van der Waals surface area contributed by atoms with E-state index >= 15 is 0 Å². The van der Waals surface area contributed by atoms with E-state index in [0.29, 0.717) is 22.2 Å². The van der Waals surface area contributed by atoms with E-state index < -0.39 is 0 Å². The van der Waals surface area contributed by atoms with E-state index in [2.05, 4.69) is 46.5 Å². The van der Waals surface area contributed by atoms with Crippen molar-refractivity contribution in [2.45, 2.75) is 63.7 Å². The quantitative estimate of drug-likeness (QED) is 0.418. The highest BCUT2D eigenvalue weighted by Gasteiger charge is 2.39. The molecule has 5 nitrogen and oxygen atoms in total. The zero-order valence-electron chi connectivity index (χ0n) is 21.2. The first-order chi connectivity index (χ1) is 17.4. The third kappa shape index (κ3) is 3.92. The number of hydrogen-bond donors (Lipinski definition) is 0. The highest BCUT2D eigenvalue weighted by Crippen LogP contribution is 2.44. The SMILES string of the molecule is CC1(C)c2ccc(C3CCN(CC4CCC(C=O)CC4)CC3)cc2-n2c1nc(=O)c1c(Cl)cccc12. The molecule has 0 bridgehead atoms. The summed E-state index contributed by atoms with van der Waals surface area (Å²) in [4.78, 5) is 31.1. The van der Waals surface area contributed by atoms with Crippen LogP contribution in [0, 0.1) is 11.8 Å². The summed E-state index contributed by atoms with van der Waals surface area (Å²) in [6.45, 7) is 7.73. The summed E-state index contributed by atoms with van der Waals surface area (Å²) in [6, 6.07) is 12.5. The normalized spacial score (nSPS) is 24.0. The molecule has 3 aromatic rings. The summed E-state index contributed by atoms with van der Waals surface area (Å²) in [5, 5.41) is 0.946. The highest BCUT2D eigenvalue weighted by molar-refractivity contribution is 6.35. The van der Waals surface area contributed by atoms with Crippen molar-refractivity contribution in [1.29, 1.82) is 0 Å². The average molecular weight is 504 g/mol. The minimum atomic E-state index is -0.351. The average Bonchev–Trinajstić information content (AvgIpc) is 3.11. The van der Waals surface area contributed by atoms with Crippen molar-refractivity contribution in [3.63, 3.8) is 0 Å². The van der Waals surface area contributed by atoms with Gasteiger partial charge in [0.15, 0.2) is 0 Å². The first kappa shape index (κ1) is 23.9. The zero-order valence-corrected chi connectivity index (χ0v) is 21.9. The smallest absolute Gasteiger partial charge is 0.282 e. The van der Waals surface area contributed by atoms with E-state index in [1.54, 1.807) is 6.07 Å². The minimum absolute atomic E-state index is 0.255. The molecule has 3 aliphatic rings. The Labute approximate surface area is 217 Å². The highest BCUT2D eigenvalue weighted by atomic mass is 35.5. The van der Waals surface area contributed by atoms with Crippen LogP contribution in [0.25, 0.3) is 16.6 Å². The molecule has 1 aromatic heterocycles. The Kier molecular flexibility index (Phi) is 6.04. The summed E-state index contributed by atoms with van der Waals surface area (Å²) < 4.78 is 2.16. The predicted molar refractivity (Wildman–Crippen MR) is 144 cm³/mol. The summed E-state index contributed by atoms with van der Waals surface area (Å²) in [6.07, 6.45) is 8.00. The van der Waals surface area contributed by atoms with Gasteiger partial charge in [-0.1, -0.05) is 29.8 Å². The Morgan fingerprint density at radius 3 is 2.53 bits per heavy atom. The fourth-order valence-corrected chi connectivity index (χ4v) is 7.10. The molecule has 188 valence electrons. The largest absolute Gasteiger partial charge is 0.303 e. The Balaban J connectivity index is 1.25. The summed E-state index contributed by atoms with van der Waals surface area (Å²) in [7, 11) is 0. The Bertz CT molecular complexity index is 1380. The number of fused-ring (bicyclic) bond motifs is 5. The number of nitrogens with zero attached hydrogens (tertiary/aromatic N) is 3. The standard InChI is InChI=1S/C30H34ClN3O2/c1-30(2)23-11-10-22(21-12-14-33(15-13-21)17-19-6-8-20(18-35)9-7-19)16-26(23)34-25-5-3-4-24(31)27(25)28(36)32-29(30)34/h3-5,10-11,16,18-21H,6-9,12-15,17H2,1-2H3. The Morgan fingerprint density at radius 2 is 1.81 bits per heavy atom. The Morgan fingerprint density at radius 1 is 1.06 bits per heavy atom. The number of rotatable bonds is 4. The third-order valence-corrected chi connectivity index (χ3v) is 9.33. The van der Waals surface area contributed by atoms with Crippen LogP contribution in [0.15, 0.2) is 41.2 Å². The lowest BCUT2D eigenvalue weighted by atomic mass is 9.81. The van der Waals surface area contributed by atoms with Gasteiger partial charge in [-0.05, 0) is 107 Å². The van der Waals surface area contributed by atoms with Crippen LogP contribution in [0.3, 0.4) is 0 Å². The van der Waals surface area contributed by atoms with Crippen LogP contribution < -0.4 is 5.56 Å². The summed E-state index contributed by atoms with van der Waals surface area (Å²) >= 11 is 6.44. The van der Waals surface area contributed by atoms with Gasteiger partial charge in [0.25, 0.3) is 5.56 Å². The van der Waals surface area contributed by atoms with E-state index in [4.69, 9.17) is 11.6 Å². The number of piperidine rings is 1. The molecule has 0 amide bonds. The second-order valence-electron chi connectivity index (χ2n) is 11.6. The number of likely N-dealkylation sites (tertiary alicyclic amines) is 1. The molecule has 1 saturated carbocycles. The van der Waals surface area contributed by atoms with Crippen molar-refractivity contribution in [3.05, 3.63) is 68.7 Å². The molecule has 36 heavy (non-hydrogen) atoms. The number of hydrogen-bond acceptors (Lipinski definition) is 4. The maximum absolute atomic E-state index is 12.9. The molecule has 0 unspecified atom stereocenters. The van der Waals surface area contributed by atoms with Gasteiger partial charge in [-0.3, -0.25) is 9.36 Å². The van der Waals surface area contributed by atoms with Crippen molar-refractivity contribution in [2.75, 3.05) is 19.6 Å². The van der Waals surface area contributed by atoms with Gasteiger partial charge in [0, 0.05) is 12.5 Å². The van der Waals surface area contributed by atoms with Gasteiger partial charge >= 0.3 is 0 Å². The first-order valence-electron chi connectivity index (χ1n) is 13.4. The van der Waals surface area contributed by atoms with Gasteiger partial charge in [0.2, 0.25) is 0 Å². The van der Waals surface area contributed by atoms with Gasteiger partial charge in [-0.25, -0.2) is 0 Å². The molecule has 3 heterocycles. The number of halogens is 1. The number of aldehydes is 1. The lowest BCUT2D eigenvalue weighted by Gasteiger charge is -2.36. The first-order valence-corrected chi connectivity index (χ1v) is 13.8. The minimum Gasteiger partial charge on any atom is -0.303 e. The maximum Gasteiger partial charge on any atom is 0.282 e. The van der Waals surface area contributed by atoms with Crippen molar-refractivity contribution in [1.82, 2.24) is 14.5 Å². The van der Waals surface area contributed by atoms with E-state index in [9.17, 15) is 9.59 Å². The van der Waals surface area contributed by atoms with Crippen LogP contribution >= 0.6 is 11.6 Å². The van der Waals surface area contributed by atoms with Crippen LogP contribution in [0.1, 0.15) is 75.2 Å². The second kappa shape index (κ2) is 9.11. The van der Waals surface area contributed by atoms with Crippen molar-refractivity contribution in [2.24, 2.45) is 11.8 Å². The van der Waals surface area contributed by atoms with Crippen molar-refractivity contribution in [3.8, 4) is 5.69 Å². The van der Waals surface area contributed by atoms with Crippen LogP contribution in [-0.4, -0.2) is 40.4 Å². The van der Waals surface area contributed by atoms with Crippen molar-refractivity contribution >= 4 is 28.8 Å². The van der Waals surface area contributed by atoms with E-state index in [1.807, 2.05) is 12.1 Å². The van der Waals surface area contributed by atoms with Gasteiger partial charge in [0.05, 0.1) is 27.0 Å². The van der Waals surface area contributed by atoms with Crippen LogP contribution in [-0.2, 0) is 10.2 Å². The second-order valence-corrected chi connectivity index (χ2v) is 12.0. The predicted octanol–water partition coefficient (Wildman–Crippen LogP) is 5.86. The zero-order chi connectivity index (χ0) is 25.0. The molecule has 1 aliphatic carbocycles. The fourth-order valence-electron chi connectivity index (χ4n) is 6.85. The molecular weight excluding hydrogens is 470 g/mol. The molecule has 2 aromatic carbocycles. The van der Waals surface area contributed by atoms with E-state index in [0.717, 1.165) is 68.0 Å². The Hall–Kier alpha value is -2.50. The number of aromatic nitrogens is 2. The molecule has 6 rings (SSSR count). The van der Waals surface area contributed by atoms with E-state index in [1.165, 1.54) is 30.5 Å². The van der Waals surface area contributed by atoms with E-state index in [-0.39, 0.29) is 11.0 Å². The molecule has 2 aliphatic heterocycles. The number of carbonyl (C=O) groups is 1. The van der Waals surface area contributed by atoms with Crippen LogP contribution in [0.4, 0.5) is 0 Å². The van der Waals surface area contributed by atoms with Crippen LogP contribution in [0.5, 0.6) is 0 Å². The molecular formula is C30H34ClN3O2. The number of benzene rings is 2. The molecule has 0 radical (unpaired) electrons. The lowest BCUT2D eigenvalue weighted by Crippen LogP contribution is -2.37. The monoisotopic (exact) mass is 503 g/mol. The lowest BCUT2D eigenvalue weighted by molar-refractivity contribution is -0.112. The summed E-state index contributed by atoms with van der Waals surface area (Å²) in [5.41, 5.74) is 3.93. The third-order valence-electron chi connectivity index (χ3n) is 9.02. The van der Waals surface area contributed by atoms with Gasteiger partial charge in [0.1, 0.15) is 12.1 Å². The molecule has 6 heteroatoms. The van der Waals surface area contributed by atoms with Gasteiger partial charge in [-0.15, -0.1) is 0 Å². The van der Waals surface area contributed by atoms with Gasteiger partial charge < -0.3 is 9.69 Å². The molecule has 0 spiro atoms. The molecule has 0 N–H and O–H groups in total. The molecule has 1 saturated heterocycles. The molecule has 2 fully saturated rings. The van der Waals surface area contributed by atoms with Crippen molar-refractivity contribution < 1.29 is 4.79 Å². The topological polar surface area (TPSA) is 55.2 Å². The fraction of sp³-hybridized carbons (Fsp3) is 0.500. The van der Waals surface area contributed by atoms with Gasteiger partial charge in [-0.2, -0.15) is 4.98 Å². The number of carbonyl (C=O) groups excluding carboxylic acids is 1. The maximum atomic E-state index is 12.9. The molecule has 0 atom stereocenters. The summed E-state index contributed by atoms with van der Waals surface area (Å²) in [5.74, 6) is 2.36. The van der Waals surface area contributed by atoms with Crippen LogP contribution in [0.2, 0.25) is 5.02 Å².